The lowest BCUT2D eigenvalue weighted by Gasteiger charge is -2.09. The van der Waals surface area contributed by atoms with E-state index >= 15 is 0 Å². The number of carbonyl (C=O) groups is 4. The minimum atomic E-state index is -0.772. The minimum Gasteiger partial charge on any atom is -0.481 e. The summed E-state index contributed by atoms with van der Waals surface area (Å²) >= 11 is 16.8. The van der Waals surface area contributed by atoms with Gasteiger partial charge in [-0.3, -0.25) is 19.2 Å². The molecule has 4 N–H and O–H groups in total. The first-order chi connectivity index (χ1) is 25.8. The highest BCUT2D eigenvalue weighted by atomic mass is 32.1. The van der Waals surface area contributed by atoms with Crippen LogP contribution in [0, 0.1) is 0 Å². The average Bonchev–Trinajstić information content (AvgIpc) is 3.15. The lowest BCUT2D eigenvalue weighted by atomic mass is 10.1. The van der Waals surface area contributed by atoms with Crippen molar-refractivity contribution in [1.82, 2.24) is 0 Å². The van der Waals surface area contributed by atoms with Gasteiger partial charge in [-0.1, -0.05) is 72.8 Å². The van der Waals surface area contributed by atoms with Gasteiger partial charge in [0.25, 0.3) is 0 Å². The summed E-state index contributed by atoms with van der Waals surface area (Å²) in [5, 5.41) is 33.8. The van der Waals surface area contributed by atoms with Gasteiger partial charge >= 0.3 is 23.9 Å². The standard InChI is InChI=1S/4C9H10O2S.C4H8O2/c4*10-9(11)6-5-7-3-1-2-4-8(7)12;1-2-6-4-3-5-1/h4*1-4,12H,5-6H2,(H,10,11);1-4H2. The van der Waals surface area contributed by atoms with Crippen LogP contribution in [0.25, 0.3) is 0 Å². The van der Waals surface area contributed by atoms with Crippen molar-refractivity contribution >= 4 is 74.4 Å². The Kier molecular flexibility index (Phi) is 26.2. The second kappa shape index (κ2) is 29.4. The van der Waals surface area contributed by atoms with E-state index in [-0.39, 0.29) is 25.7 Å². The topological polar surface area (TPSA) is 168 Å². The lowest BCUT2D eigenvalue weighted by Crippen LogP contribution is -2.16. The molecular weight excluding hydrogens is 769 g/mol. The second-order valence-corrected chi connectivity index (χ2v) is 13.2. The third-order valence-electron chi connectivity index (χ3n) is 7.14. The van der Waals surface area contributed by atoms with E-state index in [4.69, 9.17) is 29.9 Å². The van der Waals surface area contributed by atoms with Crippen LogP contribution in [0.15, 0.2) is 117 Å². The highest BCUT2D eigenvalue weighted by Crippen LogP contribution is 2.17. The molecule has 0 radical (unpaired) electrons. The van der Waals surface area contributed by atoms with E-state index in [0.29, 0.717) is 25.7 Å². The zero-order valence-corrected chi connectivity index (χ0v) is 33.3. The van der Waals surface area contributed by atoms with E-state index in [9.17, 15) is 19.2 Å². The second-order valence-electron chi connectivity index (χ2n) is 11.3. The van der Waals surface area contributed by atoms with Crippen molar-refractivity contribution < 1.29 is 49.1 Å². The van der Waals surface area contributed by atoms with Gasteiger partial charge in [0.1, 0.15) is 0 Å². The van der Waals surface area contributed by atoms with Crippen LogP contribution in [-0.2, 0) is 54.3 Å². The van der Waals surface area contributed by atoms with Crippen molar-refractivity contribution in [3.05, 3.63) is 119 Å². The molecule has 1 fully saturated rings. The molecule has 4 aromatic rings. The summed E-state index contributed by atoms with van der Waals surface area (Å²) in [7, 11) is 0. The maximum absolute atomic E-state index is 10.3. The Morgan fingerprint density at radius 1 is 0.389 bits per heavy atom. The fourth-order valence-corrected chi connectivity index (χ4v) is 5.38. The van der Waals surface area contributed by atoms with Crippen LogP contribution in [-0.4, -0.2) is 70.7 Å². The molecule has 0 aromatic heterocycles. The van der Waals surface area contributed by atoms with Crippen LogP contribution < -0.4 is 0 Å². The van der Waals surface area contributed by atoms with Crippen molar-refractivity contribution in [2.75, 3.05) is 26.4 Å². The number of hydrogen-bond acceptors (Lipinski definition) is 10. The number of hydrogen-bond donors (Lipinski definition) is 8. The number of rotatable bonds is 12. The summed E-state index contributed by atoms with van der Waals surface area (Å²) in [5.41, 5.74) is 3.96. The van der Waals surface area contributed by atoms with Crippen LogP contribution in [0.1, 0.15) is 47.9 Å². The average molecular weight is 817 g/mol. The van der Waals surface area contributed by atoms with E-state index < -0.39 is 23.9 Å². The Balaban J connectivity index is 0.000000342. The number of ether oxygens (including phenoxy) is 2. The zero-order valence-electron chi connectivity index (χ0n) is 29.8. The van der Waals surface area contributed by atoms with E-state index in [1.165, 1.54) is 0 Å². The molecule has 4 aromatic carbocycles. The summed E-state index contributed by atoms with van der Waals surface area (Å²) in [4.78, 5) is 44.5. The van der Waals surface area contributed by atoms with Crippen LogP contribution in [0.2, 0.25) is 0 Å². The van der Waals surface area contributed by atoms with Gasteiger partial charge in [-0.25, -0.2) is 0 Å². The largest absolute Gasteiger partial charge is 0.481 e. The molecule has 0 atom stereocenters. The lowest BCUT2D eigenvalue weighted by molar-refractivity contribution is -0.138. The Bertz CT molecular complexity index is 1460. The Morgan fingerprint density at radius 3 is 0.722 bits per heavy atom. The van der Waals surface area contributed by atoms with Crippen LogP contribution >= 0.6 is 50.5 Å². The van der Waals surface area contributed by atoms with Crippen molar-refractivity contribution in [3.8, 4) is 0 Å². The van der Waals surface area contributed by atoms with Crippen LogP contribution in [0.4, 0.5) is 0 Å². The summed E-state index contributed by atoms with van der Waals surface area (Å²) in [5.74, 6) is -3.09. The molecule has 1 heterocycles. The Hall–Kier alpha value is -3.92. The normalized spacial score (nSPS) is 11.3. The number of aryl methyl sites for hydroxylation is 4. The van der Waals surface area contributed by atoms with Crippen molar-refractivity contribution in [2.24, 2.45) is 0 Å². The summed E-state index contributed by atoms with van der Waals surface area (Å²) < 4.78 is 9.89. The molecule has 292 valence electrons. The van der Waals surface area contributed by atoms with Crippen LogP contribution in [0.5, 0.6) is 0 Å². The quantitative estimate of drug-likeness (QED) is 0.0657. The molecule has 1 aliphatic rings. The number of carboxylic acids is 4. The first-order valence-electron chi connectivity index (χ1n) is 16.9. The molecule has 1 saturated heterocycles. The van der Waals surface area contributed by atoms with Gasteiger partial charge in [0, 0.05) is 45.3 Å². The predicted molar refractivity (Wildman–Crippen MR) is 220 cm³/mol. The summed E-state index contributed by atoms with van der Waals surface area (Å²) in [6.45, 7) is 3.11. The first-order valence-corrected chi connectivity index (χ1v) is 18.7. The summed E-state index contributed by atoms with van der Waals surface area (Å²) in [6.07, 6.45) is 2.86. The Labute approximate surface area is 338 Å². The molecule has 0 bridgehead atoms. The predicted octanol–water partition coefficient (Wildman–Crippen LogP) is 8.00. The number of aliphatic carboxylic acids is 4. The van der Waals surface area contributed by atoms with E-state index in [1.54, 1.807) is 0 Å². The first kappa shape index (κ1) is 48.1. The SMILES string of the molecule is C1COCCO1.O=C(O)CCc1ccccc1S.O=C(O)CCc1ccccc1S.O=C(O)CCc1ccccc1S.O=C(O)CCc1ccccc1S. The fourth-order valence-electron chi connectivity index (χ4n) is 4.30. The molecule has 1 aliphatic heterocycles. The highest BCUT2D eigenvalue weighted by Gasteiger charge is 2.04. The smallest absolute Gasteiger partial charge is 0.303 e. The maximum atomic E-state index is 10.3. The molecule has 10 nitrogen and oxygen atoms in total. The molecule has 54 heavy (non-hydrogen) atoms. The monoisotopic (exact) mass is 816 g/mol. The van der Waals surface area contributed by atoms with Crippen LogP contribution in [0.3, 0.4) is 0 Å². The van der Waals surface area contributed by atoms with Gasteiger partial charge in [0.05, 0.1) is 26.4 Å². The van der Waals surface area contributed by atoms with Gasteiger partial charge < -0.3 is 29.9 Å². The molecular formula is C40H48O10S4. The number of carboxylic acid groups (broad SMARTS) is 4. The van der Waals surface area contributed by atoms with E-state index in [2.05, 4.69) is 50.5 Å². The van der Waals surface area contributed by atoms with E-state index in [0.717, 1.165) is 68.3 Å². The number of benzene rings is 4. The van der Waals surface area contributed by atoms with Gasteiger partial charge in [-0.2, -0.15) is 0 Å². The van der Waals surface area contributed by atoms with E-state index in [1.807, 2.05) is 97.1 Å². The Morgan fingerprint density at radius 2 is 0.574 bits per heavy atom. The van der Waals surface area contributed by atoms with Gasteiger partial charge in [-0.05, 0) is 72.2 Å². The van der Waals surface area contributed by atoms with Gasteiger partial charge in [0.2, 0.25) is 0 Å². The molecule has 0 saturated carbocycles. The highest BCUT2D eigenvalue weighted by molar-refractivity contribution is 7.80. The molecule has 0 unspecified atom stereocenters. The zero-order chi connectivity index (χ0) is 40.1. The van der Waals surface area contributed by atoms with Crippen molar-refractivity contribution in [2.45, 2.75) is 70.9 Å². The van der Waals surface area contributed by atoms with Gasteiger partial charge in [-0.15, -0.1) is 50.5 Å². The third kappa shape index (κ3) is 24.4. The summed E-state index contributed by atoms with van der Waals surface area (Å²) in [6, 6.07) is 30.1. The molecule has 5 rings (SSSR count). The number of thiol groups is 4. The molecule has 0 aliphatic carbocycles. The molecule has 0 amide bonds. The van der Waals surface area contributed by atoms with Crippen molar-refractivity contribution in [3.63, 3.8) is 0 Å². The minimum absolute atomic E-state index is 0.164. The third-order valence-corrected chi connectivity index (χ3v) is 8.89. The molecule has 0 spiro atoms. The van der Waals surface area contributed by atoms with Crippen molar-refractivity contribution in [1.29, 1.82) is 0 Å². The fraction of sp³-hybridized carbons (Fsp3) is 0.300. The van der Waals surface area contributed by atoms with Gasteiger partial charge in [0.15, 0.2) is 0 Å². The molecule has 14 heteroatoms. The maximum Gasteiger partial charge on any atom is 0.303 e.